The monoisotopic (exact) mass is 294 g/mol. The molecule has 1 N–H and O–H groups in total. The van der Waals surface area contributed by atoms with E-state index < -0.39 is 5.97 Å². The van der Waals surface area contributed by atoms with Crippen molar-refractivity contribution in [3.8, 4) is 0 Å². The van der Waals surface area contributed by atoms with Gasteiger partial charge in [0.2, 0.25) is 0 Å². The normalized spacial score (nSPS) is 11.9. The van der Waals surface area contributed by atoms with E-state index >= 15 is 0 Å². The fourth-order valence-electron chi connectivity index (χ4n) is 2.20. The maximum Gasteiger partial charge on any atom is 0.345 e. The predicted molar refractivity (Wildman–Crippen MR) is 82.6 cm³/mol. The van der Waals surface area contributed by atoms with Crippen LogP contribution >= 0.6 is 11.3 Å². The van der Waals surface area contributed by atoms with E-state index in [0.717, 1.165) is 35.3 Å². The number of aromatic carboxylic acids is 1. The maximum absolute atomic E-state index is 11.2. The number of hydrogen-bond donors (Lipinski definition) is 1. The largest absolute Gasteiger partial charge is 0.477 e. The molecule has 0 saturated carbocycles. The van der Waals surface area contributed by atoms with Crippen molar-refractivity contribution in [3.63, 3.8) is 0 Å². The van der Waals surface area contributed by atoms with Gasteiger partial charge in [0.05, 0.1) is 5.69 Å². The molecule has 0 aliphatic carbocycles. The SMILES string of the molecule is CC(C)CCn1nc(CC(C)C)c2cc(C(=O)O)sc21. The van der Waals surface area contributed by atoms with E-state index in [1.54, 1.807) is 6.07 Å². The Morgan fingerprint density at radius 2 is 2.05 bits per heavy atom. The third kappa shape index (κ3) is 3.20. The molecule has 20 heavy (non-hydrogen) atoms. The van der Waals surface area contributed by atoms with Crippen LogP contribution in [0, 0.1) is 11.8 Å². The topological polar surface area (TPSA) is 55.1 Å². The molecule has 110 valence electrons. The summed E-state index contributed by atoms with van der Waals surface area (Å²) in [7, 11) is 0. The lowest BCUT2D eigenvalue weighted by atomic mass is 10.1. The summed E-state index contributed by atoms with van der Waals surface area (Å²) >= 11 is 1.33. The number of carboxylic acid groups (broad SMARTS) is 1. The summed E-state index contributed by atoms with van der Waals surface area (Å²) in [5, 5.41) is 14.9. The summed E-state index contributed by atoms with van der Waals surface area (Å²) in [5.74, 6) is 0.277. The van der Waals surface area contributed by atoms with Crippen LogP contribution in [0.4, 0.5) is 0 Å². The van der Waals surface area contributed by atoms with Crippen molar-refractivity contribution >= 4 is 27.5 Å². The Morgan fingerprint density at radius 1 is 1.35 bits per heavy atom. The molecule has 0 aliphatic rings. The molecule has 0 spiro atoms. The van der Waals surface area contributed by atoms with E-state index in [2.05, 4.69) is 27.7 Å². The van der Waals surface area contributed by atoms with Gasteiger partial charge in [-0.2, -0.15) is 5.10 Å². The fraction of sp³-hybridized carbons (Fsp3) is 0.600. The second-order valence-electron chi connectivity index (χ2n) is 6.08. The van der Waals surface area contributed by atoms with Crippen molar-refractivity contribution < 1.29 is 9.90 Å². The van der Waals surface area contributed by atoms with Crippen LogP contribution in [0.15, 0.2) is 6.07 Å². The number of rotatable bonds is 6. The highest BCUT2D eigenvalue weighted by Crippen LogP contribution is 2.30. The summed E-state index contributed by atoms with van der Waals surface area (Å²) in [6, 6.07) is 1.78. The third-order valence-electron chi connectivity index (χ3n) is 3.23. The summed E-state index contributed by atoms with van der Waals surface area (Å²) in [6.07, 6.45) is 1.94. The van der Waals surface area contributed by atoms with Crippen molar-refractivity contribution in [2.45, 2.75) is 47.1 Å². The Morgan fingerprint density at radius 3 is 2.60 bits per heavy atom. The molecule has 0 bridgehead atoms. The van der Waals surface area contributed by atoms with E-state index in [0.29, 0.717) is 16.7 Å². The standard InChI is InChI=1S/C15H22N2O2S/c1-9(2)5-6-17-14-11(8-13(20-14)15(18)19)12(16-17)7-10(3)4/h8-10H,5-7H2,1-4H3,(H,18,19). The van der Waals surface area contributed by atoms with Crippen LogP contribution in [-0.4, -0.2) is 20.9 Å². The molecule has 5 heteroatoms. The Balaban J connectivity index is 2.42. The fourth-order valence-corrected chi connectivity index (χ4v) is 3.20. The van der Waals surface area contributed by atoms with Gasteiger partial charge in [0.25, 0.3) is 0 Å². The van der Waals surface area contributed by atoms with Crippen molar-refractivity contribution in [1.29, 1.82) is 0 Å². The van der Waals surface area contributed by atoms with Gasteiger partial charge in [-0.1, -0.05) is 27.7 Å². The van der Waals surface area contributed by atoms with Crippen molar-refractivity contribution in [3.05, 3.63) is 16.6 Å². The minimum absolute atomic E-state index is 0.403. The van der Waals surface area contributed by atoms with Crippen molar-refractivity contribution in [2.24, 2.45) is 11.8 Å². The van der Waals surface area contributed by atoms with E-state index in [-0.39, 0.29) is 0 Å². The van der Waals surface area contributed by atoms with E-state index in [1.807, 2.05) is 4.68 Å². The van der Waals surface area contributed by atoms with Gasteiger partial charge in [0.15, 0.2) is 0 Å². The van der Waals surface area contributed by atoms with Gasteiger partial charge in [-0.3, -0.25) is 4.68 Å². The lowest BCUT2D eigenvalue weighted by molar-refractivity contribution is 0.0702. The molecule has 0 radical (unpaired) electrons. The first-order chi connectivity index (χ1) is 9.38. The third-order valence-corrected chi connectivity index (χ3v) is 4.37. The molecule has 2 aromatic heterocycles. The number of thiophene rings is 1. The van der Waals surface area contributed by atoms with Gasteiger partial charge >= 0.3 is 5.97 Å². The molecule has 0 aliphatic heterocycles. The molecule has 0 amide bonds. The molecule has 0 saturated heterocycles. The number of hydrogen-bond acceptors (Lipinski definition) is 3. The van der Waals surface area contributed by atoms with E-state index in [1.165, 1.54) is 11.3 Å². The van der Waals surface area contributed by atoms with Gasteiger partial charge in [0, 0.05) is 11.9 Å². The molecule has 2 heterocycles. The zero-order chi connectivity index (χ0) is 14.9. The number of nitrogens with zero attached hydrogens (tertiary/aromatic N) is 2. The highest BCUT2D eigenvalue weighted by Gasteiger charge is 2.18. The van der Waals surface area contributed by atoms with Gasteiger partial charge < -0.3 is 5.11 Å². The average Bonchev–Trinajstić information content (AvgIpc) is 2.87. The first-order valence-corrected chi connectivity index (χ1v) is 7.92. The van der Waals surface area contributed by atoms with Gasteiger partial charge in [-0.05, 0) is 30.7 Å². The molecule has 0 unspecified atom stereocenters. The van der Waals surface area contributed by atoms with Crippen LogP contribution in [0.2, 0.25) is 0 Å². The molecule has 2 aromatic rings. The molecule has 0 atom stereocenters. The zero-order valence-corrected chi connectivity index (χ0v) is 13.3. The molecular formula is C15H22N2O2S. The summed E-state index contributed by atoms with van der Waals surface area (Å²) in [6.45, 7) is 9.54. The van der Waals surface area contributed by atoms with Crippen LogP contribution in [0.5, 0.6) is 0 Å². The number of fused-ring (bicyclic) bond motifs is 1. The Bertz CT molecular complexity index is 611. The van der Waals surface area contributed by atoms with Crippen molar-refractivity contribution in [2.75, 3.05) is 0 Å². The van der Waals surface area contributed by atoms with Crippen LogP contribution < -0.4 is 0 Å². The Labute approximate surface area is 123 Å². The predicted octanol–water partition coefficient (Wildman–Crippen LogP) is 4.04. The van der Waals surface area contributed by atoms with Gasteiger partial charge in [-0.25, -0.2) is 4.79 Å². The lowest BCUT2D eigenvalue weighted by Gasteiger charge is -2.05. The Kier molecular flexibility index (Phi) is 4.48. The molecule has 0 fully saturated rings. The number of carboxylic acids is 1. The highest BCUT2D eigenvalue weighted by molar-refractivity contribution is 7.20. The van der Waals surface area contributed by atoms with E-state index in [9.17, 15) is 4.79 Å². The maximum atomic E-state index is 11.2. The highest BCUT2D eigenvalue weighted by atomic mass is 32.1. The lowest BCUT2D eigenvalue weighted by Crippen LogP contribution is -2.04. The summed E-state index contributed by atoms with van der Waals surface area (Å²) < 4.78 is 1.99. The number of aromatic nitrogens is 2. The van der Waals surface area contributed by atoms with Crippen LogP contribution in [0.1, 0.15) is 49.5 Å². The minimum atomic E-state index is -0.850. The summed E-state index contributed by atoms with van der Waals surface area (Å²) in [5.41, 5.74) is 1.03. The smallest absolute Gasteiger partial charge is 0.345 e. The molecule has 2 rings (SSSR count). The minimum Gasteiger partial charge on any atom is -0.477 e. The molecule has 4 nitrogen and oxygen atoms in total. The van der Waals surface area contributed by atoms with Crippen molar-refractivity contribution in [1.82, 2.24) is 9.78 Å². The Hall–Kier alpha value is -1.36. The molecular weight excluding hydrogens is 272 g/mol. The van der Waals surface area contributed by atoms with E-state index in [4.69, 9.17) is 10.2 Å². The first kappa shape index (κ1) is 15.0. The molecule has 0 aromatic carbocycles. The van der Waals surface area contributed by atoms with Crippen LogP contribution in [0.25, 0.3) is 10.2 Å². The average molecular weight is 294 g/mol. The number of carbonyl (C=O) groups is 1. The first-order valence-electron chi connectivity index (χ1n) is 7.11. The second kappa shape index (κ2) is 5.95. The quantitative estimate of drug-likeness (QED) is 0.874. The zero-order valence-electron chi connectivity index (χ0n) is 12.5. The summed E-state index contributed by atoms with van der Waals surface area (Å²) in [4.78, 5) is 12.6. The van der Waals surface area contributed by atoms with Gasteiger partial charge in [0.1, 0.15) is 9.71 Å². The van der Waals surface area contributed by atoms with Crippen LogP contribution in [-0.2, 0) is 13.0 Å². The second-order valence-corrected chi connectivity index (χ2v) is 7.12. The number of aryl methyl sites for hydroxylation is 1. The van der Waals surface area contributed by atoms with Crippen LogP contribution in [0.3, 0.4) is 0 Å². The van der Waals surface area contributed by atoms with Gasteiger partial charge in [-0.15, -0.1) is 11.3 Å².